The fourth-order valence-corrected chi connectivity index (χ4v) is 1.37. The van der Waals surface area contributed by atoms with Gasteiger partial charge in [0.25, 0.3) is 0 Å². The van der Waals surface area contributed by atoms with Gasteiger partial charge in [0.15, 0.2) is 5.82 Å². The zero-order chi connectivity index (χ0) is 10.5. The zero-order valence-electron chi connectivity index (χ0n) is 8.06. The highest BCUT2D eigenvalue weighted by Gasteiger charge is 2.06. The van der Waals surface area contributed by atoms with E-state index in [-0.39, 0.29) is 0 Å². The molecule has 0 aliphatic heterocycles. The molecule has 0 saturated carbocycles. The van der Waals surface area contributed by atoms with Crippen LogP contribution in [0.15, 0.2) is 28.9 Å². The molecule has 78 valence electrons. The number of alkyl halides is 1. The van der Waals surface area contributed by atoms with E-state index in [1.54, 1.807) is 6.20 Å². The Morgan fingerprint density at radius 2 is 2.27 bits per heavy atom. The van der Waals surface area contributed by atoms with Gasteiger partial charge in [-0.3, -0.25) is 4.98 Å². The highest BCUT2D eigenvalue weighted by molar-refractivity contribution is 6.17. The first-order chi connectivity index (χ1) is 7.38. The largest absolute Gasteiger partial charge is 0.339 e. The van der Waals surface area contributed by atoms with E-state index in [1.807, 2.05) is 18.2 Å². The van der Waals surface area contributed by atoms with Gasteiger partial charge in [-0.1, -0.05) is 11.2 Å². The Morgan fingerprint density at radius 3 is 3.00 bits per heavy atom. The number of rotatable bonds is 4. The van der Waals surface area contributed by atoms with Gasteiger partial charge in [0.1, 0.15) is 0 Å². The molecule has 2 heterocycles. The highest BCUT2D eigenvalue weighted by Crippen LogP contribution is 2.04. The van der Waals surface area contributed by atoms with Gasteiger partial charge in [-0.2, -0.15) is 4.98 Å². The van der Waals surface area contributed by atoms with Gasteiger partial charge >= 0.3 is 0 Å². The molecule has 0 N–H and O–H groups in total. The molecule has 2 aromatic heterocycles. The summed E-state index contributed by atoms with van der Waals surface area (Å²) in [6.45, 7) is 0. The Hall–Kier alpha value is -1.42. The molecule has 0 amide bonds. The van der Waals surface area contributed by atoms with Crippen molar-refractivity contribution in [1.82, 2.24) is 15.1 Å². The minimum atomic E-state index is 0.491. The van der Waals surface area contributed by atoms with E-state index in [0.717, 1.165) is 5.69 Å². The lowest BCUT2D eigenvalue weighted by molar-refractivity contribution is 0.378. The van der Waals surface area contributed by atoms with Crippen LogP contribution in [0.4, 0.5) is 0 Å². The summed E-state index contributed by atoms with van der Waals surface area (Å²) >= 11 is 5.57. The molecular formula is C10H10ClN3O. The number of hydrogen-bond donors (Lipinski definition) is 0. The van der Waals surface area contributed by atoms with Crippen molar-refractivity contribution in [3.05, 3.63) is 41.8 Å². The third-order valence-corrected chi connectivity index (χ3v) is 2.07. The van der Waals surface area contributed by atoms with Crippen molar-refractivity contribution in [2.24, 2.45) is 0 Å². The molecule has 2 aromatic rings. The van der Waals surface area contributed by atoms with Crippen molar-refractivity contribution >= 4 is 11.6 Å². The maximum atomic E-state index is 5.57. The first kappa shape index (κ1) is 10.1. The second kappa shape index (κ2) is 4.89. The Labute approximate surface area is 92.3 Å². The topological polar surface area (TPSA) is 51.8 Å². The van der Waals surface area contributed by atoms with Crippen LogP contribution >= 0.6 is 11.6 Å². The smallest absolute Gasteiger partial charge is 0.227 e. The van der Waals surface area contributed by atoms with Gasteiger partial charge in [0.05, 0.1) is 6.42 Å². The Balaban J connectivity index is 2.05. The molecule has 15 heavy (non-hydrogen) atoms. The second-order valence-corrected chi connectivity index (χ2v) is 3.42. The Morgan fingerprint density at radius 1 is 1.33 bits per heavy atom. The van der Waals surface area contributed by atoms with Crippen molar-refractivity contribution in [2.75, 3.05) is 5.88 Å². The molecule has 0 aromatic carbocycles. The van der Waals surface area contributed by atoms with Gasteiger partial charge in [0, 0.05) is 24.2 Å². The second-order valence-electron chi connectivity index (χ2n) is 3.04. The third-order valence-electron chi connectivity index (χ3n) is 1.88. The molecule has 0 spiro atoms. The molecule has 4 nitrogen and oxygen atoms in total. The minimum Gasteiger partial charge on any atom is -0.339 e. The van der Waals surface area contributed by atoms with Crippen LogP contribution in [0.2, 0.25) is 0 Å². The van der Waals surface area contributed by atoms with Crippen molar-refractivity contribution in [1.29, 1.82) is 0 Å². The molecule has 0 unspecified atom stereocenters. The first-order valence-electron chi connectivity index (χ1n) is 4.66. The van der Waals surface area contributed by atoms with E-state index >= 15 is 0 Å². The van der Waals surface area contributed by atoms with Gasteiger partial charge < -0.3 is 4.52 Å². The van der Waals surface area contributed by atoms with E-state index < -0.39 is 0 Å². The van der Waals surface area contributed by atoms with Crippen LogP contribution < -0.4 is 0 Å². The standard InChI is InChI=1S/C10H10ClN3O/c11-5-4-10-13-9(14-15-10)7-8-3-1-2-6-12-8/h1-3,6H,4-5,7H2. The van der Waals surface area contributed by atoms with E-state index in [2.05, 4.69) is 15.1 Å². The number of pyridine rings is 1. The summed E-state index contributed by atoms with van der Waals surface area (Å²) < 4.78 is 5.00. The third kappa shape index (κ3) is 2.76. The van der Waals surface area contributed by atoms with E-state index in [4.69, 9.17) is 16.1 Å². The summed E-state index contributed by atoms with van der Waals surface area (Å²) in [5, 5.41) is 3.85. The fourth-order valence-electron chi connectivity index (χ4n) is 1.21. The van der Waals surface area contributed by atoms with Crippen LogP contribution in [0.5, 0.6) is 0 Å². The van der Waals surface area contributed by atoms with Gasteiger partial charge in [-0.15, -0.1) is 11.6 Å². The average molecular weight is 224 g/mol. The summed E-state index contributed by atoms with van der Waals surface area (Å²) in [6, 6.07) is 5.73. The van der Waals surface area contributed by atoms with Gasteiger partial charge in [-0.05, 0) is 12.1 Å². The molecular weight excluding hydrogens is 214 g/mol. The highest BCUT2D eigenvalue weighted by atomic mass is 35.5. The fraction of sp³-hybridized carbons (Fsp3) is 0.300. The van der Waals surface area contributed by atoms with E-state index in [0.29, 0.717) is 30.4 Å². The van der Waals surface area contributed by atoms with Gasteiger partial charge in [0.2, 0.25) is 5.89 Å². The van der Waals surface area contributed by atoms with Crippen LogP contribution in [0.1, 0.15) is 17.4 Å². The number of halogens is 1. The van der Waals surface area contributed by atoms with Crippen LogP contribution in [0.3, 0.4) is 0 Å². The van der Waals surface area contributed by atoms with Crippen molar-refractivity contribution in [3.63, 3.8) is 0 Å². The normalized spacial score (nSPS) is 10.5. The lowest BCUT2D eigenvalue weighted by atomic mass is 10.2. The minimum absolute atomic E-state index is 0.491. The molecule has 0 saturated heterocycles. The molecule has 2 rings (SSSR count). The van der Waals surface area contributed by atoms with Crippen LogP contribution in [-0.4, -0.2) is 21.0 Å². The maximum Gasteiger partial charge on any atom is 0.227 e. The van der Waals surface area contributed by atoms with E-state index in [9.17, 15) is 0 Å². The van der Waals surface area contributed by atoms with Crippen LogP contribution in [0.25, 0.3) is 0 Å². The molecule has 0 aliphatic rings. The lowest BCUT2D eigenvalue weighted by Gasteiger charge is -1.92. The molecule has 5 heteroatoms. The quantitative estimate of drug-likeness (QED) is 0.743. The molecule has 0 fully saturated rings. The average Bonchev–Trinajstić information content (AvgIpc) is 2.68. The predicted molar refractivity (Wildman–Crippen MR) is 55.8 cm³/mol. The summed E-state index contributed by atoms with van der Waals surface area (Å²) in [5.74, 6) is 1.72. The number of aryl methyl sites for hydroxylation is 1. The SMILES string of the molecule is ClCCc1nc(Cc2ccccn2)no1. The molecule has 0 radical (unpaired) electrons. The predicted octanol–water partition coefficient (Wildman–Crippen LogP) is 1.84. The van der Waals surface area contributed by atoms with Crippen LogP contribution in [-0.2, 0) is 12.8 Å². The zero-order valence-corrected chi connectivity index (χ0v) is 8.81. The number of hydrogen-bond acceptors (Lipinski definition) is 4. The lowest BCUT2D eigenvalue weighted by Crippen LogP contribution is -1.94. The first-order valence-corrected chi connectivity index (χ1v) is 5.19. The summed E-state index contributed by atoms with van der Waals surface area (Å²) in [4.78, 5) is 8.37. The van der Waals surface area contributed by atoms with Gasteiger partial charge in [-0.25, -0.2) is 0 Å². The molecule has 0 atom stereocenters. The summed E-state index contributed by atoms with van der Waals surface area (Å²) in [5.41, 5.74) is 0.927. The molecule has 0 bridgehead atoms. The van der Waals surface area contributed by atoms with Crippen LogP contribution in [0, 0.1) is 0 Å². The summed E-state index contributed by atoms with van der Waals surface area (Å²) in [7, 11) is 0. The van der Waals surface area contributed by atoms with Crippen molar-refractivity contribution < 1.29 is 4.52 Å². The van der Waals surface area contributed by atoms with E-state index in [1.165, 1.54) is 0 Å². The number of aromatic nitrogens is 3. The van der Waals surface area contributed by atoms with Crippen molar-refractivity contribution in [2.45, 2.75) is 12.8 Å². The monoisotopic (exact) mass is 223 g/mol. The van der Waals surface area contributed by atoms with Crippen molar-refractivity contribution in [3.8, 4) is 0 Å². The summed E-state index contributed by atoms with van der Waals surface area (Å²) in [6.07, 6.45) is 2.94. The molecule has 0 aliphatic carbocycles. The maximum absolute atomic E-state index is 5.57. The number of nitrogens with zero attached hydrogens (tertiary/aromatic N) is 3. The Bertz CT molecular complexity index is 416. The Kier molecular flexibility index (Phi) is 3.29.